The van der Waals surface area contributed by atoms with Crippen molar-refractivity contribution in [2.45, 2.75) is 25.7 Å². The molecule has 0 aromatic heterocycles. The third-order valence-electron chi connectivity index (χ3n) is 4.13. The number of rotatable bonds is 6. The van der Waals surface area contributed by atoms with E-state index in [9.17, 15) is 19.5 Å². The number of anilines is 1. The molecule has 2 unspecified atom stereocenters. The van der Waals surface area contributed by atoms with Crippen LogP contribution >= 0.6 is 0 Å². The van der Waals surface area contributed by atoms with E-state index >= 15 is 0 Å². The number of nitrogens with one attached hydrogen (secondary N) is 1. The van der Waals surface area contributed by atoms with Gasteiger partial charge in [0.2, 0.25) is 5.91 Å². The van der Waals surface area contributed by atoms with Crippen LogP contribution in [0.2, 0.25) is 0 Å². The van der Waals surface area contributed by atoms with Gasteiger partial charge >= 0.3 is 11.9 Å². The van der Waals surface area contributed by atoms with Crippen molar-refractivity contribution in [3.05, 3.63) is 24.3 Å². The van der Waals surface area contributed by atoms with Crippen LogP contribution in [0.1, 0.15) is 25.7 Å². The van der Waals surface area contributed by atoms with Gasteiger partial charge in [0.1, 0.15) is 5.75 Å². The fourth-order valence-corrected chi connectivity index (χ4v) is 2.81. The highest BCUT2D eigenvalue weighted by atomic mass is 16.6. The Kier molecular flexibility index (Phi) is 6.17. The average Bonchev–Trinajstić information content (AvgIpc) is 2.60. The number of hydrogen-bond donors (Lipinski definition) is 2. The number of carboxylic acid groups (broad SMARTS) is 1. The summed E-state index contributed by atoms with van der Waals surface area (Å²) in [5.74, 6) is -2.33. The molecule has 24 heavy (non-hydrogen) atoms. The van der Waals surface area contributed by atoms with Gasteiger partial charge < -0.3 is 19.9 Å². The van der Waals surface area contributed by atoms with E-state index in [-0.39, 0.29) is 12.5 Å². The summed E-state index contributed by atoms with van der Waals surface area (Å²) in [6, 6.07) is 6.52. The summed E-state index contributed by atoms with van der Waals surface area (Å²) < 4.78 is 9.69. The first-order valence-electron chi connectivity index (χ1n) is 7.84. The van der Waals surface area contributed by atoms with Crippen molar-refractivity contribution >= 4 is 23.5 Å². The lowest BCUT2D eigenvalue weighted by Gasteiger charge is -2.27. The number of amides is 1. The molecule has 0 bridgehead atoms. The molecule has 0 spiro atoms. The number of carbonyl (C=O) groups is 3. The van der Waals surface area contributed by atoms with E-state index < -0.39 is 23.8 Å². The van der Waals surface area contributed by atoms with Gasteiger partial charge in [-0.05, 0) is 37.1 Å². The normalized spacial score (nSPS) is 20.0. The minimum Gasteiger partial charge on any atom is -0.482 e. The van der Waals surface area contributed by atoms with Crippen LogP contribution in [0.5, 0.6) is 5.75 Å². The van der Waals surface area contributed by atoms with Crippen molar-refractivity contribution in [1.82, 2.24) is 0 Å². The van der Waals surface area contributed by atoms with Crippen LogP contribution in [0, 0.1) is 11.8 Å². The summed E-state index contributed by atoms with van der Waals surface area (Å²) in [6.07, 6.45) is 2.83. The Hall–Kier alpha value is -2.57. The van der Waals surface area contributed by atoms with Gasteiger partial charge in [0.05, 0.1) is 18.9 Å². The highest BCUT2D eigenvalue weighted by Gasteiger charge is 2.35. The van der Waals surface area contributed by atoms with Crippen LogP contribution in [0.15, 0.2) is 24.3 Å². The molecule has 1 amide bonds. The summed E-state index contributed by atoms with van der Waals surface area (Å²) in [4.78, 5) is 34.6. The molecule has 2 rings (SSSR count). The Balaban J connectivity index is 1.93. The highest BCUT2D eigenvalue weighted by Crippen LogP contribution is 2.31. The van der Waals surface area contributed by atoms with Crippen LogP contribution in [0.4, 0.5) is 5.69 Å². The van der Waals surface area contributed by atoms with Gasteiger partial charge in [0.15, 0.2) is 6.61 Å². The predicted molar refractivity (Wildman–Crippen MR) is 85.7 cm³/mol. The zero-order valence-corrected chi connectivity index (χ0v) is 13.5. The quantitative estimate of drug-likeness (QED) is 0.772. The molecule has 7 heteroatoms. The Morgan fingerprint density at radius 3 is 2.33 bits per heavy atom. The summed E-state index contributed by atoms with van der Waals surface area (Å²) in [7, 11) is 1.28. The molecule has 1 aliphatic carbocycles. The van der Waals surface area contributed by atoms with Crippen LogP contribution in [0.25, 0.3) is 0 Å². The molecule has 1 saturated carbocycles. The molecule has 0 saturated heterocycles. The fraction of sp³-hybridized carbons (Fsp3) is 0.471. The lowest BCUT2D eigenvalue weighted by Crippen LogP contribution is -2.36. The van der Waals surface area contributed by atoms with E-state index in [0.717, 1.165) is 12.8 Å². The molecule has 1 fully saturated rings. The van der Waals surface area contributed by atoms with E-state index in [4.69, 9.17) is 4.74 Å². The molecular formula is C17H21NO6. The maximum atomic E-state index is 12.4. The first-order valence-corrected chi connectivity index (χ1v) is 7.84. The van der Waals surface area contributed by atoms with Crippen LogP contribution in [0.3, 0.4) is 0 Å². The number of carboxylic acids is 1. The van der Waals surface area contributed by atoms with E-state index in [1.54, 1.807) is 24.3 Å². The number of benzene rings is 1. The number of esters is 1. The molecule has 0 heterocycles. The van der Waals surface area contributed by atoms with E-state index in [1.807, 2.05) is 0 Å². The number of methoxy groups -OCH3 is 1. The number of carbonyl (C=O) groups excluding carboxylic acids is 2. The minimum atomic E-state index is -0.915. The maximum Gasteiger partial charge on any atom is 0.343 e. The lowest BCUT2D eigenvalue weighted by atomic mass is 9.78. The lowest BCUT2D eigenvalue weighted by molar-refractivity contribution is -0.147. The molecule has 0 radical (unpaired) electrons. The van der Waals surface area contributed by atoms with E-state index in [2.05, 4.69) is 10.1 Å². The molecule has 1 aromatic rings. The number of ether oxygens (including phenoxy) is 2. The summed E-state index contributed by atoms with van der Waals surface area (Å²) in [5, 5.41) is 12.0. The van der Waals surface area contributed by atoms with E-state index in [1.165, 1.54) is 7.11 Å². The van der Waals surface area contributed by atoms with Crippen molar-refractivity contribution in [2.75, 3.05) is 19.0 Å². The number of aliphatic carboxylic acids is 1. The van der Waals surface area contributed by atoms with Gasteiger partial charge in [-0.15, -0.1) is 0 Å². The van der Waals surface area contributed by atoms with Crippen molar-refractivity contribution in [3.8, 4) is 5.75 Å². The molecule has 7 nitrogen and oxygen atoms in total. The number of hydrogen-bond acceptors (Lipinski definition) is 5. The van der Waals surface area contributed by atoms with Gasteiger partial charge in [-0.1, -0.05) is 12.8 Å². The fourth-order valence-electron chi connectivity index (χ4n) is 2.81. The van der Waals surface area contributed by atoms with Crippen molar-refractivity contribution in [1.29, 1.82) is 0 Å². The third-order valence-corrected chi connectivity index (χ3v) is 4.13. The smallest absolute Gasteiger partial charge is 0.343 e. The Bertz CT molecular complexity index is 598. The van der Waals surface area contributed by atoms with Gasteiger partial charge in [0, 0.05) is 5.69 Å². The van der Waals surface area contributed by atoms with Crippen LogP contribution in [-0.4, -0.2) is 36.7 Å². The molecule has 2 N–H and O–H groups in total. The first kappa shape index (κ1) is 17.8. The van der Waals surface area contributed by atoms with Gasteiger partial charge in [0.25, 0.3) is 0 Å². The second kappa shape index (κ2) is 8.33. The highest BCUT2D eigenvalue weighted by molar-refractivity contribution is 5.95. The Morgan fingerprint density at radius 2 is 1.75 bits per heavy atom. The molecular weight excluding hydrogens is 314 g/mol. The third kappa shape index (κ3) is 4.71. The maximum absolute atomic E-state index is 12.4. The standard InChI is InChI=1S/C17H21NO6/c1-23-15(19)10-24-12-8-6-11(7-9-12)18-16(20)13-4-2-3-5-14(13)17(21)22/h6-9,13-14H,2-5,10H2,1H3,(H,18,20)(H,21,22). The Labute approximate surface area is 139 Å². The molecule has 1 aliphatic rings. The summed E-state index contributed by atoms with van der Waals surface area (Å²) in [5.41, 5.74) is 0.556. The van der Waals surface area contributed by atoms with E-state index in [0.29, 0.717) is 24.3 Å². The summed E-state index contributed by atoms with van der Waals surface area (Å²) >= 11 is 0. The van der Waals surface area contributed by atoms with Crippen LogP contribution in [-0.2, 0) is 19.1 Å². The van der Waals surface area contributed by atoms with Crippen molar-refractivity contribution in [3.63, 3.8) is 0 Å². The topological polar surface area (TPSA) is 102 Å². The van der Waals surface area contributed by atoms with Crippen LogP contribution < -0.4 is 10.1 Å². The molecule has 130 valence electrons. The Morgan fingerprint density at radius 1 is 1.12 bits per heavy atom. The largest absolute Gasteiger partial charge is 0.482 e. The SMILES string of the molecule is COC(=O)COc1ccc(NC(=O)C2CCCCC2C(=O)O)cc1. The summed E-state index contributed by atoms with van der Waals surface area (Å²) in [6.45, 7) is -0.190. The van der Waals surface area contributed by atoms with Gasteiger partial charge in [-0.3, -0.25) is 9.59 Å². The molecule has 1 aromatic carbocycles. The predicted octanol–water partition coefficient (Wildman–Crippen LogP) is 2.07. The molecule has 0 aliphatic heterocycles. The minimum absolute atomic E-state index is 0.190. The molecule has 2 atom stereocenters. The zero-order valence-electron chi connectivity index (χ0n) is 13.5. The van der Waals surface area contributed by atoms with Crippen molar-refractivity contribution in [2.24, 2.45) is 11.8 Å². The average molecular weight is 335 g/mol. The van der Waals surface area contributed by atoms with Crippen molar-refractivity contribution < 1.29 is 29.0 Å². The second-order valence-corrected chi connectivity index (χ2v) is 5.71. The monoisotopic (exact) mass is 335 g/mol. The van der Waals surface area contributed by atoms with Gasteiger partial charge in [-0.2, -0.15) is 0 Å². The second-order valence-electron chi connectivity index (χ2n) is 5.71. The zero-order chi connectivity index (χ0) is 17.5. The first-order chi connectivity index (χ1) is 11.5. The van der Waals surface area contributed by atoms with Gasteiger partial charge in [-0.25, -0.2) is 4.79 Å².